The van der Waals surface area contributed by atoms with E-state index < -0.39 is 10.0 Å². The van der Waals surface area contributed by atoms with Crippen LogP contribution in [-0.4, -0.2) is 24.1 Å². The highest BCUT2D eigenvalue weighted by Gasteiger charge is 2.16. The van der Waals surface area contributed by atoms with Crippen molar-refractivity contribution in [3.8, 4) is 0 Å². The number of anilines is 2. The van der Waals surface area contributed by atoms with Gasteiger partial charge in [0.15, 0.2) is 0 Å². The number of carbonyl (C=O) groups is 1. The van der Waals surface area contributed by atoms with Crippen molar-refractivity contribution >= 4 is 27.3 Å². The van der Waals surface area contributed by atoms with Crippen LogP contribution in [0.2, 0.25) is 0 Å². The summed E-state index contributed by atoms with van der Waals surface area (Å²) >= 11 is 0. The molecule has 0 spiro atoms. The van der Waals surface area contributed by atoms with Crippen molar-refractivity contribution in [2.45, 2.75) is 25.3 Å². The lowest BCUT2D eigenvalue weighted by Gasteiger charge is -2.10. The molecule has 0 unspecified atom stereocenters. The first-order chi connectivity index (χ1) is 15.8. The maximum Gasteiger partial charge on any atom is 0.261 e. The average Bonchev–Trinajstić information content (AvgIpc) is 3.23. The molecule has 1 amide bonds. The molecule has 3 aromatic carbocycles. The molecule has 0 saturated heterocycles. The van der Waals surface area contributed by atoms with Gasteiger partial charge in [-0.15, -0.1) is 0 Å². The molecule has 0 fully saturated rings. The molecule has 0 atom stereocenters. The van der Waals surface area contributed by atoms with Crippen LogP contribution in [0.15, 0.2) is 90.1 Å². The van der Waals surface area contributed by atoms with Gasteiger partial charge in [-0.1, -0.05) is 36.4 Å². The maximum absolute atomic E-state index is 12.7. The highest BCUT2D eigenvalue weighted by atomic mass is 32.2. The first-order valence-electron chi connectivity index (χ1n) is 10.4. The molecule has 4 rings (SSSR count). The number of aromatic nitrogens is 2. The van der Waals surface area contributed by atoms with E-state index in [9.17, 15) is 13.2 Å². The molecule has 7 nitrogen and oxygen atoms in total. The van der Waals surface area contributed by atoms with Crippen LogP contribution in [0.25, 0.3) is 0 Å². The van der Waals surface area contributed by atoms with Crippen molar-refractivity contribution in [2.24, 2.45) is 0 Å². The van der Waals surface area contributed by atoms with Crippen LogP contribution in [0.3, 0.4) is 0 Å². The molecule has 0 aliphatic rings. The van der Waals surface area contributed by atoms with Gasteiger partial charge in [-0.2, -0.15) is 5.10 Å². The Hall–Kier alpha value is -3.91. The number of nitrogens with zero attached hydrogens (tertiary/aromatic N) is 2. The number of rotatable bonds is 7. The molecule has 2 N–H and O–H groups in total. The Morgan fingerprint density at radius 2 is 1.64 bits per heavy atom. The summed E-state index contributed by atoms with van der Waals surface area (Å²) in [6.07, 6.45) is 3.32. The molecule has 1 heterocycles. The summed E-state index contributed by atoms with van der Waals surface area (Å²) < 4.78 is 29.7. The van der Waals surface area contributed by atoms with Gasteiger partial charge in [0.25, 0.3) is 15.9 Å². The minimum atomic E-state index is -3.77. The van der Waals surface area contributed by atoms with Gasteiger partial charge in [0.05, 0.1) is 23.3 Å². The van der Waals surface area contributed by atoms with E-state index in [2.05, 4.69) is 15.1 Å². The molecule has 33 heavy (non-hydrogen) atoms. The Morgan fingerprint density at radius 3 is 2.33 bits per heavy atom. The summed E-state index contributed by atoms with van der Waals surface area (Å²) in [5.41, 5.74) is 4.57. The Balaban J connectivity index is 1.41. The third-order valence-corrected chi connectivity index (χ3v) is 6.66. The van der Waals surface area contributed by atoms with Crippen molar-refractivity contribution in [2.75, 3.05) is 10.0 Å². The zero-order valence-corrected chi connectivity index (χ0v) is 19.1. The van der Waals surface area contributed by atoms with Gasteiger partial charge >= 0.3 is 0 Å². The summed E-state index contributed by atoms with van der Waals surface area (Å²) in [7, 11) is -3.77. The largest absolute Gasteiger partial charge is 0.319 e. The predicted molar refractivity (Wildman–Crippen MR) is 129 cm³/mol. The quantitative estimate of drug-likeness (QED) is 0.421. The minimum Gasteiger partial charge on any atom is -0.319 e. The van der Waals surface area contributed by atoms with Gasteiger partial charge in [0.2, 0.25) is 0 Å². The fraction of sp³-hybridized carbons (Fsp3) is 0.120. The average molecular weight is 461 g/mol. The van der Waals surface area contributed by atoms with E-state index in [1.807, 2.05) is 50.2 Å². The molecule has 0 radical (unpaired) electrons. The third kappa shape index (κ3) is 5.48. The lowest BCUT2D eigenvalue weighted by Crippen LogP contribution is -2.15. The van der Waals surface area contributed by atoms with Crippen LogP contribution in [0.4, 0.5) is 11.4 Å². The van der Waals surface area contributed by atoms with Gasteiger partial charge in [-0.3, -0.25) is 14.2 Å². The minimum absolute atomic E-state index is 0.0768. The van der Waals surface area contributed by atoms with Gasteiger partial charge in [-0.25, -0.2) is 8.42 Å². The fourth-order valence-electron chi connectivity index (χ4n) is 3.29. The normalized spacial score (nSPS) is 11.2. The van der Waals surface area contributed by atoms with E-state index in [4.69, 9.17) is 0 Å². The smallest absolute Gasteiger partial charge is 0.261 e. The van der Waals surface area contributed by atoms with E-state index in [-0.39, 0.29) is 10.8 Å². The second-order valence-electron chi connectivity index (χ2n) is 7.80. The standard InChI is InChI=1S/C25H24N4O3S/c1-18-8-11-22(14-19(18)2)28-33(31,32)24-12-9-21(10-13-24)25(30)27-23-15-26-29(17-23)16-20-6-4-3-5-7-20/h3-15,17,28H,16H2,1-2H3,(H,27,30). The van der Waals surface area contributed by atoms with E-state index in [1.54, 1.807) is 29.2 Å². The first-order valence-corrected chi connectivity index (χ1v) is 11.9. The van der Waals surface area contributed by atoms with Crippen LogP contribution in [0.5, 0.6) is 0 Å². The van der Waals surface area contributed by atoms with Crippen LogP contribution in [0, 0.1) is 13.8 Å². The molecule has 8 heteroatoms. The van der Waals surface area contributed by atoms with Gasteiger partial charge in [-0.05, 0) is 66.9 Å². The van der Waals surface area contributed by atoms with Crippen LogP contribution in [0.1, 0.15) is 27.0 Å². The van der Waals surface area contributed by atoms with Crippen molar-refractivity contribution < 1.29 is 13.2 Å². The fourth-order valence-corrected chi connectivity index (χ4v) is 4.34. The summed E-state index contributed by atoms with van der Waals surface area (Å²) in [6.45, 7) is 4.48. The summed E-state index contributed by atoms with van der Waals surface area (Å²) in [4.78, 5) is 12.7. The maximum atomic E-state index is 12.7. The van der Waals surface area contributed by atoms with Crippen molar-refractivity contribution in [3.63, 3.8) is 0 Å². The van der Waals surface area contributed by atoms with Crippen LogP contribution < -0.4 is 10.0 Å². The Bertz CT molecular complexity index is 1380. The molecule has 1 aromatic heterocycles. The van der Waals surface area contributed by atoms with Gasteiger partial charge in [0, 0.05) is 17.4 Å². The molecule has 0 aliphatic heterocycles. The highest BCUT2D eigenvalue weighted by Crippen LogP contribution is 2.20. The van der Waals surface area contributed by atoms with Gasteiger partial charge in [0.1, 0.15) is 0 Å². The second-order valence-corrected chi connectivity index (χ2v) is 9.48. The topological polar surface area (TPSA) is 93.1 Å². The Labute approximate surface area is 193 Å². The summed E-state index contributed by atoms with van der Waals surface area (Å²) in [6, 6.07) is 21.1. The van der Waals surface area contributed by atoms with E-state index in [0.29, 0.717) is 23.5 Å². The molecule has 0 aliphatic carbocycles. The van der Waals surface area contributed by atoms with Crippen molar-refractivity contribution in [3.05, 3.63) is 107 Å². The van der Waals surface area contributed by atoms with Crippen molar-refractivity contribution in [1.29, 1.82) is 0 Å². The zero-order chi connectivity index (χ0) is 23.4. The molecule has 0 saturated carbocycles. The van der Waals surface area contributed by atoms with E-state index >= 15 is 0 Å². The number of carbonyl (C=O) groups excluding carboxylic acids is 1. The van der Waals surface area contributed by atoms with E-state index in [1.165, 1.54) is 24.3 Å². The molecular weight excluding hydrogens is 436 g/mol. The molecule has 4 aromatic rings. The third-order valence-electron chi connectivity index (χ3n) is 5.26. The number of amides is 1. The Morgan fingerprint density at radius 1 is 0.909 bits per heavy atom. The number of aryl methyl sites for hydroxylation is 2. The Kier molecular flexibility index (Phi) is 6.28. The zero-order valence-electron chi connectivity index (χ0n) is 18.3. The SMILES string of the molecule is Cc1ccc(NS(=O)(=O)c2ccc(C(=O)Nc3cnn(Cc4ccccc4)c3)cc2)cc1C. The monoisotopic (exact) mass is 460 g/mol. The van der Waals surface area contributed by atoms with Crippen LogP contribution >= 0.6 is 0 Å². The summed E-state index contributed by atoms with van der Waals surface area (Å²) in [5, 5.41) is 7.06. The lowest BCUT2D eigenvalue weighted by molar-refractivity contribution is 0.102. The number of sulfonamides is 1. The number of benzene rings is 3. The highest BCUT2D eigenvalue weighted by molar-refractivity contribution is 7.92. The number of hydrogen-bond acceptors (Lipinski definition) is 4. The molecule has 0 bridgehead atoms. The second kappa shape index (κ2) is 9.30. The van der Waals surface area contributed by atoms with E-state index in [0.717, 1.165) is 16.7 Å². The summed E-state index contributed by atoms with van der Waals surface area (Å²) in [5.74, 6) is -0.347. The van der Waals surface area contributed by atoms with Crippen molar-refractivity contribution in [1.82, 2.24) is 9.78 Å². The first kappa shape index (κ1) is 22.3. The number of hydrogen-bond donors (Lipinski definition) is 2. The molecular formula is C25H24N4O3S. The van der Waals surface area contributed by atoms with Gasteiger partial charge < -0.3 is 5.32 Å². The number of nitrogens with one attached hydrogen (secondary N) is 2. The lowest BCUT2D eigenvalue weighted by atomic mass is 10.1. The van der Waals surface area contributed by atoms with Crippen LogP contribution in [-0.2, 0) is 16.6 Å². The predicted octanol–water partition coefficient (Wildman–Crippen LogP) is 4.60. The molecule has 168 valence electrons.